The average molecular weight is 309 g/mol. The topological polar surface area (TPSA) is 104 Å². The molecule has 0 heterocycles. The lowest BCUT2D eigenvalue weighted by molar-refractivity contribution is 0.157. The lowest BCUT2D eigenvalue weighted by Gasteiger charge is -2.09. The molecule has 0 aliphatic heterocycles. The average Bonchev–Trinajstić information content (AvgIpc) is 2.46. The minimum absolute atomic E-state index is 0.101. The van der Waals surface area contributed by atoms with Crippen molar-refractivity contribution in [2.75, 3.05) is 6.61 Å². The molecule has 9 heteroatoms. The van der Waals surface area contributed by atoms with E-state index in [-0.39, 0.29) is 11.7 Å². The molecule has 3 amide bonds. The summed E-state index contributed by atoms with van der Waals surface area (Å²) in [6.07, 6.45) is 0.772. The van der Waals surface area contributed by atoms with Crippen molar-refractivity contribution in [3.63, 3.8) is 0 Å². The number of nitrogens with one attached hydrogen (secondary N) is 4. The van der Waals surface area contributed by atoms with E-state index >= 15 is 0 Å². The van der Waals surface area contributed by atoms with Gasteiger partial charge in [0.1, 0.15) is 0 Å². The van der Waals surface area contributed by atoms with Crippen LogP contribution in [0.15, 0.2) is 35.4 Å². The maximum atomic E-state index is 11.3. The Morgan fingerprint density at radius 3 is 2.67 bits per heavy atom. The van der Waals surface area contributed by atoms with Gasteiger partial charge in [-0.15, -0.1) is 0 Å². The van der Waals surface area contributed by atoms with Crippen molar-refractivity contribution in [3.05, 3.63) is 35.9 Å². The number of hydrazone groups is 1. The Labute approximate surface area is 126 Å². The van der Waals surface area contributed by atoms with Gasteiger partial charge in [0.05, 0.1) is 12.8 Å². The summed E-state index contributed by atoms with van der Waals surface area (Å²) in [7, 11) is 0. The van der Waals surface area contributed by atoms with E-state index in [0.717, 1.165) is 5.56 Å². The number of rotatable bonds is 3. The Morgan fingerprint density at radius 1 is 1.29 bits per heavy atom. The number of nitrogens with zero attached hydrogens (tertiary/aromatic N) is 1. The number of carbonyl (C=O) groups is 2. The lowest BCUT2D eigenvalue weighted by atomic mass is 10.2. The van der Waals surface area contributed by atoms with Crippen LogP contribution in [0.3, 0.4) is 0 Å². The maximum Gasteiger partial charge on any atom is 0.413 e. The molecule has 21 heavy (non-hydrogen) atoms. The second-order valence-electron chi connectivity index (χ2n) is 3.53. The Kier molecular flexibility index (Phi) is 7.22. The third-order valence-electron chi connectivity index (χ3n) is 1.96. The van der Waals surface area contributed by atoms with Gasteiger partial charge in [-0.2, -0.15) is 5.10 Å². The molecule has 0 aliphatic carbocycles. The van der Waals surface area contributed by atoms with Crippen LogP contribution in [0.4, 0.5) is 9.59 Å². The number of urea groups is 1. The number of hydrazine groups is 1. The van der Waals surface area contributed by atoms with E-state index in [1.165, 1.54) is 6.21 Å². The standard InChI is InChI=1S/C12H15N5O3S/c1-2-20-12(19)14-11(21)17-16-10(18)15-13-8-9-6-4-3-5-7-9/h3-8H,2H2,1H3,(H2,15,16,18)(H2,14,17,19,21)/b13-8+. The molecule has 8 nitrogen and oxygen atoms in total. The van der Waals surface area contributed by atoms with Gasteiger partial charge in [0.2, 0.25) is 0 Å². The number of benzene rings is 1. The largest absolute Gasteiger partial charge is 0.450 e. The van der Waals surface area contributed by atoms with Crippen molar-refractivity contribution < 1.29 is 14.3 Å². The highest BCUT2D eigenvalue weighted by atomic mass is 32.1. The van der Waals surface area contributed by atoms with Gasteiger partial charge in [-0.05, 0) is 24.7 Å². The Bertz CT molecular complexity index is 521. The van der Waals surface area contributed by atoms with E-state index in [2.05, 4.69) is 31.4 Å². The first kappa shape index (κ1) is 16.4. The number of hydrogen-bond donors (Lipinski definition) is 4. The van der Waals surface area contributed by atoms with Gasteiger partial charge in [0.25, 0.3) is 0 Å². The number of hydrogen-bond acceptors (Lipinski definition) is 5. The summed E-state index contributed by atoms with van der Waals surface area (Å²) in [4.78, 5) is 22.4. The fraction of sp³-hybridized carbons (Fsp3) is 0.167. The van der Waals surface area contributed by atoms with Crippen LogP contribution in [-0.4, -0.2) is 30.1 Å². The van der Waals surface area contributed by atoms with Gasteiger partial charge in [-0.3, -0.25) is 10.7 Å². The molecule has 0 unspecified atom stereocenters. The summed E-state index contributed by atoms with van der Waals surface area (Å²) in [6.45, 7) is 1.88. The third-order valence-corrected chi connectivity index (χ3v) is 2.16. The molecular formula is C12H15N5O3S. The quantitative estimate of drug-likeness (QED) is 0.376. The summed E-state index contributed by atoms with van der Waals surface area (Å²) in [5, 5.41) is 5.82. The van der Waals surface area contributed by atoms with Gasteiger partial charge in [-0.25, -0.2) is 20.4 Å². The van der Waals surface area contributed by atoms with Crippen molar-refractivity contribution in [1.29, 1.82) is 0 Å². The van der Waals surface area contributed by atoms with E-state index in [1.54, 1.807) is 6.92 Å². The SMILES string of the molecule is CCOC(=O)NC(=S)NNC(=O)N/N=C/c1ccccc1. The monoisotopic (exact) mass is 309 g/mol. The Morgan fingerprint density at radius 2 is 2.00 bits per heavy atom. The number of carbonyl (C=O) groups excluding carboxylic acids is 2. The number of ether oxygens (including phenoxy) is 1. The van der Waals surface area contributed by atoms with Gasteiger partial charge in [-0.1, -0.05) is 30.3 Å². The van der Waals surface area contributed by atoms with Gasteiger partial charge >= 0.3 is 12.1 Å². The van der Waals surface area contributed by atoms with E-state index in [9.17, 15) is 9.59 Å². The van der Waals surface area contributed by atoms with E-state index in [4.69, 9.17) is 12.2 Å². The number of thiocarbonyl (C=S) groups is 1. The molecule has 0 atom stereocenters. The van der Waals surface area contributed by atoms with Gasteiger partial charge < -0.3 is 4.74 Å². The van der Waals surface area contributed by atoms with Crippen molar-refractivity contribution in [3.8, 4) is 0 Å². The first-order valence-electron chi connectivity index (χ1n) is 5.99. The molecule has 0 aromatic heterocycles. The van der Waals surface area contributed by atoms with Crippen LogP contribution < -0.4 is 21.6 Å². The smallest absolute Gasteiger partial charge is 0.413 e. The minimum Gasteiger partial charge on any atom is -0.450 e. The van der Waals surface area contributed by atoms with Crippen molar-refractivity contribution in [2.24, 2.45) is 5.10 Å². The highest BCUT2D eigenvalue weighted by Gasteiger charge is 2.04. The molecule has 0 saturated heterocycles. The van der Waals surface area contributed by atoms with Gasteiger partial charge in [0, 0.05) is 0 Å². The zero-order chi connectivity index (χ0) is 15.5. The molecule has 0 saturated carbocycles. The summed E-state index contributed by atoms with van der Waals surface area (Å²) in [5.41, 5.74) is 7.55. The van der Waals surface area contributed by atoms with Crippen molar-refractivity contribution in [2.45, 2.75) is 6.92 Å². The summed E-state index contributed by atoms with van der Waals surface area (Å²) < 4.78 is 4.60. The van der Waals surface area contributed by atoms with Crippen LogP contribution in [0.5, 0.6) is 0 Å². The molecule has 0 radical (unpaired) electrons. The van der Waals surface area contributed by atoms with E-state index in [1.807, 2.05) is 30.3 Å². The molecule has 0 spiro atoms. The Hall–Kier alpha value is -2.68. The van der Waals surface area contributed by atoms with Crippen LogP contribution in [-0.2, 0) is 4.74 Å². The molecule has 1 rings (SSSR count). The molecule has 4 N–H and O–H groups in total. The normalized spacial score (nSPS) is 9.76. The fourth-order valence-electron chi connectivity index (χ4n) is 1.14. The first-order chi connectivity index (χ1) is 10.1. The van der Waals surface area contributed by atoms with Crippen LogP contribution >= 0.6 is 12.2 Å². The number of amides is 3. The van der Waals surface area contributed by atoms with Gasteiger partial charge in [0.15, 0.2) is 5.11 Å². The van der Waals surface area contributed by atoms with Crippen LogP contribution in [0.2, 0.25) is 0 Å². The zero-order valence-corrected chi connectivity index (χ0v) is 12.1. The molecule has 0 bridgehead atoms. The first-order valence-corrected chi connectivity index (χ1v) is 6.40. The van der Waals surface area contributed by atoms with Crippen LogP contribution in [0, 0.1) is 0 Å². The fourth-order valence-corrected chi connectivity index (χ4v) is 1.27. The summed E-state index contributed by atoms with van der Waals surface area (Å²) in [5.74, 6) is 0. The zero-order valence-electron chi connectivity index (χ0n) is 11.3. The predicted octanol–water partition coefficient (Wildman–Crippen LogP) is 0.855. The van der Waals surface area contributed by atoms with Crippen LogP contribution in [0.1, 0.15) is 12.5 Å². The molecule has 112 valence electrons. The molecular weight excluding hydrogens is 294 g/mol. The van der Waals surface area contributed by atoms with Crippen LogP contribution in [0.25, 0.3) is 0 Å². The second-order valence-corrected chi connectivity index (χ2v) is 3.94. The summed E-state index contributed by atoms with van der Waals surface area (Å²) in [6, 6.07) is 8.60. The maximum absolute atomic E-state index is 11.3. The molecule has 1 aromatic rings. The molecule has 0 fully saturated rings. The molecule has 1 aromatic carbocycles. The number of alkyl carbamates (subject to hydrolysis) is 1. The van der Waals surface area contributed by atoms with Crippen molar-refractivity contribution >= 4 is 35.7 Å². The lowest BCUT2D eigenvalue weighted by Crippen LogP contribution is -2.50. The van der Waals surface area contributed by atoms with E-state index in [0.29, 0.717) is 0 Å². The highest BCUT2D eigenvalue weighted by molar-refractivity contribution is 7.80. The Balaban J connectivity index is 2.23. The molecule has 0 aliphatic rings. The predicted molar refractivity (Wildman–Crippen MR) is 81.6 cm³/mol. The highest BCUT2D eigenvalue weighted by Crippen LogP contribution is 1.92. The van der Waals surface area contributed by atoms with Crippen molar-refractivity contribution in [1.82, 2.24) is 21.6 Å². The minimum atomic E-state index is -0.709. The summed E-state index contributed by atoms with van der Waals surface area (Å²) >= 11 is 4.75. The second kappa shape index (κ2) is 9.26. The third kappa shape index (κ3) is 7.47. The van der Waals surface area contributed by atoms with E-state index < -0.39 is 12.1 Å².